The van der Waals surface area contributed by atoms with Crippen LogP contribution in [0.1, 0.15) is 90.5 Å². The van der Waals surface area contributed by atoms with E-state index in [1.165, 1.54) is 50.5 Å². The Hall–Kier alpha value is -3.01. The van der Waals surface area contributed by atoms with Crippen LogP contribution in [0, 0.1) is 5.92 Å². The summed E-state index contributed by atoms with van der Waals surface area (Å²) >= 11 is 0. The van der Waals surface area contributed by atoms with Crippen LogP contribution in [0.5, 0.6) is 5.75 Å². The molecule has 0 aliphatic rings. The summed E-state index contributed by atoms with van der Waals surface area (Å²) in [6.07, 6.45) is 16.7. The molecule has 4 heteroatoms. The van der Waals surface area contributed by atoms with Crippen LogP contribution in [0.25, 0.3) is 22.5 Å². The summed E-state index contributed by atoms with van der Waals surface area (Å²) in [4.78, 5) is 21.3. The van der Waals surface area contributed by atoms with Crippen LogP contribution in [0.4, 0.5) is 0 Å². The molecule has 0 bridgehead atoms. The Morgan fingerprint density at radius 3 is 2.00 bits per heavy atom. The number of hydrogen-bond acceptors (Lipinski definition) is 4. The monoisotopic (exact) mass is 486 g/mol. The van der Waals surface area contributed by atoms with Gasteiger partial charge < -0.3 is 4.74 Å². The van der Waals surface area contributed by atoms with Gasteiger partial charge in [-0.05, 0) is 42.0 Å². The highest BCUT2D eigenvalue weighted by molar-refractivity contribution is 5.73. The number of aryl methyl sites for hydroxylation is 1. The predicted molar refractivity (Wildman–Crippen MR) is 149 cm³/mol. The van der Waals surface area contributed by atoms with Crippen LogP contribution < -0.4 is 4.74 Å². The number of esters is 1. The number of aromatic nitrogens is 2. The van der Waals surface area contributed by atoms with Crippen LogP contribution >= 0.6 is 0 Å². The Balaban J connectivity index is 1.49. The summed E-state index contributed by atoms with van der Waals surface area (Å²) in [5, 5.41) is 0. The molecule has 0 amide bonds. The lowest BCUT2D eigenvalue weighted by atomic mass is 10.0. The summed E-state index contributed by atoms with van der Waals surface area (Å²) < 4.78 is 5.49. The minimum absolute atomic E-state index is 0.176. The van der Waals surface area contributed by atoms with Crippen LogP contribution in [-0.4, -0.2) is 15.9 Å². The highest BCUT2D eigenvalue weighted by Crippen LogP contribution is 2.24. The van der Waals surface area contributed by atoms with Crippen molar-refractivity contribution in [1.82, 2.24) is 9.97 Å². The first-order valence-corrected chi connectivity index (χ1v) is 13.8. The number of hydrogen-bond donors (Lipinski definition) is 0. The van der Waals surface area contributed by atoms with Crippen molar-refractivity contribution in [2.75, 3.05) is 0 Å². The van der Waals surface area contributed by atoms with Crippen LogP contribution in [0.15, 0.2) is 60.9 Å². The number of rotatable bonds is 15. The number of nitrogens with zero attached hydrogens (tertiary/aromatic N) is 2. The summed E-state index contributed by atoms with van der Waals surface area (Å²) in [6.45, 7) is 6.48. The zero-order chi connectivity index (χ0) is 25.6. The average Bonchev–Trinajstić information content (AvgIpc) is 2.89. The van der Waals surface area contributed by atoms with Gasteiger partial charge in [-0.3, -0.25) is 4.79 Å². The molecule has 0 saturated carbocycles. The fourth-order valence-electron chi connectivity index (χ4n) is 4.50. The lowest BCUT2D eigenvalue weighted by Crippen LogP contribution is -2.12. The third-order valence-electron chi connectivity index (χ3n) is 6.65. The van der Waals surface area contributed by atoms with E-state index in [-0.39, 0.29) is 5.97 Å². The van der Waals surface area contributed by atoms with E-state index >= 15 is 0 Å². The Morgan fingerprint density at radius 2 is 1.36 bits per heavy atom. The van der Waals surface area contributed by atoms with Crippen LogP contribution in [0.2, 0.25) is 0 Å². The largest absolute Gasteiger partial charge is 0.427 e. The minimum Gasteiger partial charge on any atom is -0.427 e. The average molecular weight is 487 g/mol. The van der Waals surface area contributed by atoms with Crippen molar-refractivity contribution in [2.24, 2.45) is 5.92 Å². The molecule has 1 unspecified atom stereocenters. The summed E-state index contributed by atoms with van der Waals surface area (Å²) in [6, 6.07) is 16.2. The molecule has 1 aromatic heterocycles. The van der Waals surface area contributed by atoms with Gasteiger partial charge in [0.05, 0.1) is 0 Å². The number of carbonyl (C=O) groups is 1. The second-order valence-electron chi connectivity index (χ2n) is 9.96. The van der Waals surface area contributed by atoms with E-state index in [9.17, 15) is 4.79 Å². The SMILES string of the molecule is CCCCCCCCCc1ccc(-c2ncc(-c3ccc(OC(=O)CC(C)CCC)cc3)cn2)cc1. The van der Waals surface area contributed by atoms with Crippen molar-refractivity contribution in [1.29, 1.82) is 0 Å². The van der Waals surface area contributed by atoms with Gasteiger partial charge in [0.15, 0.2) is 5.82 Å². The van der Waals surface area contributed by atoms with Crippen molar-refractivity contribution in [3.63, 3.8) is 0 Å². The lowest BCUT2D eigenvalue weighted by molar-refractivity contribution is -0.135. The van der Waals surface area contributed by atoms with Gasteiger partial charge in [-0.1, -0.05) is 109 Å². The maximum Gasteiger partial charge on any atom is 0.311 e. The number of benzene rings is 2. The predicted octanol–water partition coefficient (Wildman–Crippen LogP) is 8.84. The molecule has 0 spiro atoms. The second kappa shape index (κ2) is 15.2. The molecule has 3 aromatic rings. The van der Waals surface area contributed by atoms with Gasteiger partial charge in [0, 0.05) is 29.9 Å². The molecule has 1 atom stereocenters. The van der Waals surface area contributed by atoms with Crippen molar-refractivity contribution >= 4 is 5.97 Å². The lowest BCUT2D eigenvalue weighted by Gasteiger charge is -2.10. The first-order valence-electron chi connectivity index (χ1n) is 13.8. The Morgan fingerprint density at radius 1 is 0.750 bits per heavy atom. The van der Waals surface area contributed by atoms with Crippen molar-refractivity contribution in [3.8, 4) is 28.3 Å². The maximum atomic E-state index is 12.1. The van der Waals surface area contributed by atoms with Gasteiger partial charge in [0.2, 0.25) is 0 Å². The third kappa shape index (κ3) is 9.22. The summed E-state index contributed by atoms with van der Waals surface area (Å²) in [7, 11) is 0. The van der Waals surface area contributed by atoms with E-state index < -0.39 is 0 Å². The normalized spacial score (nSPS) is 11.9. The van der Waals surface area contributed by atoms with Gasteiger partial charge in [-0.25, -0.2) is 9.97 Å². The van der Waals surface area contributed by atoms with E-state index in [0.29, 0.717) is 18.1 Å². The standard InChI is InChI=1S/C32H42N2O2/c1-4-6-7-8-9-10-11-13-26-14-16-28(17-15-26)32-33-23-29(24-34-32)27-18-20-30(21-19-27)36-31(35)22-25(3)12-5-2/h14-21,23-25H,4-13,22H2,1-3H3. The molecule has 2 aromatic carbocycles. The van der Waals surface area contributed by atoms with Crippen LogP contribution in [-0.2, 0) is 11.2 Å². The highest BCUT2D eigenvalue weighted by atomic mass is 16.5. The number of unbranched alkanes of at least 4 members (excludes halogenated alkanes) is 6. The number of ether oxygens (including phenoxy) is 1. The summed E-state index contributed by atoms with van der Waals surface area (Å²) in [5.41, 5.74) is 4.34. The van der Waals surface area contributed by atoms with Gasteiger partial charge >= 0.3 is 5.97 Å². The van der Waals surface area contributed by atoms with E-state index in [0.717, 1.165) is 41.8 Å². The van der Waals surface area contributed by atoms with E-state index in [1.807, 2.05) is 36.7 Å². The van der Waals surface area contributed by atoms with Crippen molar-refractivity contribution in [3.05, 3.63) is 66.5 Å². The highest BCUT2D eigenvalue weighted by Gasteiger charge is 2.11. The van der Waals surface area contributed by atoms with Gasteiger partial charge in [-0.15, -0.1) is 0 Å². The molecule has 0 N–H and O–H groups in total. The van der Waals surface area contributed by atoms with E-state index in [1.54, 1.807) is 0 Å². The molecule has 3 rings (SSSR count). The first-order chi connectivity index (χ1) is 17.6. The maximum absolute atomic E-state index is 12.1. The molecule has 0 saturated heterocycles. The topological polar surface area (TPSA) is 52.1 Å². The zero-order valence-electron chi connectivity index (χ0n) is 22.3. The molecule has 1 heterocycles. The number of carbonyl (C=O) groups excluding carboxylic acids is 1. The summed E-state index contributed by atoms with van der Waals surface area (Å²) in [5.74, 6) is 1.47. The molecule has 4 nitrogen and oxygen atoms in total. The first kappa shape index (κ1) is 27.6. The molecule has 36 heavy (non-hydrogen) atoms. The van der Waals surface area contributed by atoms with E-state index in [4.69, 9.17) is 4.74 Å². The molecule has 0 fully saturated rings. The Bertz CT molecular complexity index is 1030. The van der Waals surface area contributed by atoms with Crippen molar-refractivity contribution < 1.29 is 9.53 Å². The minimum atomic E-state index is -0.176. The molecule has 0 radical (unpaired) electrons. The van der Waals surface area contributed by atoms with Gasteiger partial charge in [0.25, 0.3) is 0 Å². The Kier molecular flexibility index (Phi) is 11.6. The molecule has 0 aliphatic heterocycles. The van der Waals surface area contributed by atoms with E-state index in [2.05, 4.69) is 55.0 Å². The molecular formula is C32H42N2O2. The fourth-order valence-corrected chi connectivity index (χ4v) is 4.50. The van der Waals surface area contributed by atoms with Crippen LogP contribution in [0.3, 0.4) is 0 Å². The van der Waals surface area contributed by atoms with Gasteiger partial charge in [0.1, 0.15) is 5.75 Å². The quantitative estimate of drug-likeness (QED) is 0.122. The van der Waals surface area contributed by atoms with Gasteiger partial charge in [-0.2, -0.15) is 0 Å². The fraction of sp³-hybridized carbons (Fsp3) is 0.469. The third-order valence-corrected chi connectivity index (χ3v) is 6.65. The second-order valence-corrected chi connectivity index (χ2v) is 9.96. The smallest absolute Gasteiger partial charge is 0.311 e. The van der Waals surface area contributed by atoms with Crippen molar-refractivity contribution in [2.45, 2.75) is 91.4 Å². The Labute approximate surface area is 217 Å². The molecule has 0 aliphatic carbocycles. The molecular weight excluding hydrogens is 444 g/mol. The molecule has 192 valence electrons. The zero-order valence-corrected chi connectivity index (χ0v) is 22.3.